The molecule has 1 amide bonds. The number of thiazole rings is 1. The van der Waals surface area contributed by atoms with Gasteiger partial charge in [-0.05, 0) is 52.9 Å². The average molecular weight is 499 g/mol. The van der Waals surface area contributed by atoms with Crippen LogP contribution in [0, 0.1) is 9.39 Å². The molecule has 0 bridgehead atoms. The van der Waals surface area contributed by atoms with E-state index in [0.717, 1.165) is 8.27 Å². The predicted octanol–water partition coefficient (Wildman–Crippen LogP) is 4.61. The number of hydrogen-bond acceptors (Lipinski definition) is 6. The fourth-order valence-electron chi connectivity index (χ4n) is 2.31. The molecule has 0 saturated heterocycles. The van der Waals surface area contributed by atoms with Crippen molar-refractivity contribution in [2.75, 3.05) is 18.5 Å². The zero-order valence-electron chi connectivity index (χ0n) is 14.0. The Morgan fingerprint density at radius 1 is 1.33 bits per heavy atom. The predicted molar refractivity (Wildman–Crippen MR) is 112 cm³/mol. The van der Waals surface area contributed by atoms with Crippen LogP contribution in [0.1, 0.15) is 10.4 Å². The van der Waals surface area contributed by atoms with Gasteiger partial charge in [0.05, 0.1) is 38.9 Å². The number of amides is 1. The van der Waals surface area contributed by atoms with Crippen LogP contribution in [-0.4, -0.2) is 24.1 Å². The molecule has 3 rings (SSSR count). The molecule has 3 aromatic rings. The van der Waals surface area contributed by atoms with E-state index in [2.05, 4.69) is 22.4 Å². The summed E-state index contributed by atoms with van der Waals surface area (Å²) >= 11 is 3.39. The van der Waals surface area contributed by atoms with Gasteiger partial charge in [0, 0.05) is 3.57 Å². The molecule has 0 aliphatic rings. The number of halogens is 2. The molecule has 9 heteroatoms. The van der Waals surface area contributed by atoms with Gasteiger partial charge in [0.2, 0.25) is 0 Å². The largest absolute Gasteiger partial charge is 0.499 e. The van der Waals surface area contributed by atoms with Crippen molar-refractivity contribution in [1.82, 2.24) is 10.5 Å². The minimum Gasteiger partial charge on any atom is -0.499 e. The first-order chi connectivity index (χ1) is 13.1. The first-order valence-corrected chi connectivity index (χ1v) is 9.79. The van der Waals surface area contributed by atoms with Crippen LogP contribution in [0.3, 0.4) is 0 Å². The molecule has 2 aromatic carbocycles. The number of carbonyl (C=O) groups excluding carboxylic acids is 1. The van der Waals surface area contributed by atoms with Crippen LogP contribution < -0.4 is 10.8 Å². The molecule has 27 heavy (non-hydrogen) atoms. The number of hydroxylamine groups is 1. The summed E-state index contributed by atoms with van der Waals surface area (Å²) in [6.07, 6.45) is 1.29. The van der Waals surface area contributed by atoms with Crippen molar-refractivity contribution >= 4 is 61.4 Å². The third-order valence-electron chi connectivity index (χ3n) is 3.52. The Morgan fingerprint density at radius 3 is 2.96 bits per heavy atom. The molecule has 0 spiro atoms. The molecule has 6 nitrogen and oxygen atoms in total. The molecule has 1 heterocycles. The minimum absolute atomic E-state index is 0.162. The van der Waals surface area contributed by atoms with Gasteiger partial charge in [-0.2, -0.15) is 0 Å². The Bertz CT molecular complexity index is 980. The molecule has 0 unspecified atom stereocenters. The lowest BCUT2D eigenvalue weighted by Gasteiger charge is -2.14. The van der Waals surface area contributed by atoms with E-state index in [1.165, 1.54) is 23.7 Å². The monoisotopic (exact) mass is 499 g/mol. The summed E-state index contributed by atoms with van der Waals surface area (Å²) in [5, 5.41) is 3.03. The van der Waals surface area contributed by atoms with Crippen molar-refractivity contribution in [3.05, 3.63) is 63.6 Å². The van der Waals surface area contributed by atoms with E-state index >= 15 is 0 Å². The van der Waals surface area contributed by atoms with Crippen LogP contribution in [0.4, 0.5) is 15.8 Å². The van der Waals surface area contributed by atoms with Crippen LogP contribution in [0.15, 0.2) is 48.7 Å². The number of hydrogen-bond donors (Lipinski definition) is 2. The highest BCUT2D eigenvalue weighted by molar-refractivity contribution is 14.1. The second-order valence-corrected chi connectivity index (χ2v) is 7.36. The van der Waals surface area contributed by atoms with Crippen molar-refractivity contribution in [3.8, 4) is 0 Å². The summed E-state index contributed by atoms with van der Waals surface area (Å²) in [7, 11) is 0. The average Bonchev–Trinajstić information content (AvgIpc) is 3.13. The maximum absolute atomic E-state index is 14.3. The number of fused-ring (bicyclic) bond motifs is 1. The summed E-state index contributed by atoms with van der Waals surface area (Å²) < 4.78 is 20.7. The zero-order chi connectivity index (χ0) is 19.2. The Labute approximate surface area is 172 Å². The fourth-order valence-corrected chi connectivity index (χ4v) is 3.56. The first kappa shape index (κ1) is 19.5. The number of anilines is 2. The maximum Gasteiger partial charge on any atom is 0.277 e. The first-order valence-electron chi connectivity index (χ1n) is 7.83. The molecular weight excluding hydrogens is 484 g/mol. The lowest BCUT2D eigenvalue weighted by atomic mass is 10.1. The van der Waals surface area contributed by atoms with Gasteiger partial charge < -0.3 is 10.1 Å². The van der Waals surface area contributed by atoms with Crippen LogP contribution >= 0.6 is 33.9 Å². The smallest absolute Gasteiger partial charge is 0.277 e. The summed E-state index contributed by atoms with van der Waals surface area (Å²) in [6.45, 7) is 3.84. The highest BCUT2D eigenvalue weighted by Gasteiger charge is 2.18. The van der Waals surface area contributed by atoms with Gasteiger partial charge in [0.25, 0.3) is 5.91 Å². The fraction of sp³-hybridized carbons (Fsp3) is 0.111. The molecule has 1 aromatic heterocycles. The minimum atomic E-state index is -0.461. The van der Waals surface area contributed by atoms with Crippen LogP contribution in [-0.2, 0) is 9.57 Å². The molecule has 140 valence electrons. The van der Waals surface area contributed by atoms with E-state index in [1.54, 1.807) is 29.8 Å². The molecular formula is C18H15FIN3O3S. The number of nitrogens with one attached hydrogen (secondary N) is 2. The highest BCUT2D eigenvalue weighted by atomic mass is 127. The summed E-state index contributed by atoms with van der Waals surface area (Å²) in [5.74, 6) is -0.870. The van der Waals surface area contributed by atoms with Gasteiger partial charge in [0.1, 0.15) is 19.0 Å². The molecule has 0 aliphatic carbocycles. The van der Waals surface area contributed by atoms with Crippen LogP contribution in [0.5, 0.6) is 0 Å². The summed E-state index contributed by atoms with van der Waals surface area (Å²) in [6, 6.07) is 8.17. The van der Waals surface area contributed by atoms with Crippen molar-refractivity contribution in [2.24, 2.45) is 0 Å². The Morgan fingerprint density at radius 2 is 2.19 bits per heavy atom. The van der Waals surface area contributed by atoms with E-state index in [4.69, 9.17) is 9.57 Å². The molecule has 0 aliphatic heterocycles. The van der Waals surface area contributed by atoms with Gasteiger partial charge >= 0.3 is 0 Å². The SMILES string of the molecule is C=COCCONC(=O)c1ccc2ncsc2c1Nc1ccc(I)cc1F. The van der Waals surface area contributed by atoms with Gasteiger partial charge in [-0.3, -0.25) is 9.63 Å². The number of benzene rings is 2. The van der Waals surface area contributed by atoms with Crippen LogP contribution in [0.2, 0.25) is 0 Å². The van der Waals surface area contributed by atoms with Crippen molar-refractivity contribution in [1.29, 1.82) is 0 Å². The second kappa shape index (κ2) is 9.11. The molecule has 0 atom stereocenters. The number of rotatable bonds is 8. The number of aromatic nitrogens is 1. The normalized spacial score (nSPS) is 10.6. The van der Waals surface area contributed by atoms with E-state index in [9.17, 15) is 9.18 Å². The number of nitrogens with zero attached hydrogens (tertiary/aromatic N) is 1. The van der Waals surface area contributed by atoms with Crippen molar-refractivity contribution < 1.29 is 18.8 Å². The molecule has 0 saturated carbocycles. The number of ether oxygens (including phenoxy) is 1. The van der Waals surface area contributed by atoms with E-state index < -0.39 is 11.7 Å². The Balaban J connectivity index is 1.87. The van der Waals surface area contributed by atoms with Gasteiger partial charge in [-0.15, -0.1) is 11.3 Å². The Hall–Kier alpha value is -2.24. The summed E-state index contributed by atoms with van der Waals surface area (Å²) in [4.78, 5) is 21.9. The maximum atomic E-state index is 14.3. The van der Waals surface area contributed by atoms with Crippen molar-refractivity contribution in [3.63, 3.8) is 0 Å². The zero-order valence-corrected chi connectivity index (χ0v) is 17.0. The molecule has 2 N–H and O–H groups in total. The van der Waals surface area contributed by atoms with Gasteiger partial charge in [-0.25, -0.2) is 14.9 Å². The standard InChI is InChI=1S/C18H15FIN3O3S/c1-2-25-7-8-26-23-18(24)12-4-6-15-17(27-10-21-15)16(12)22-14-5-3-11(20)9-13(14)19/h2-6,9-10,22H,1,7-8H2,(H,23,24). The van der Waals surface area contributed by atoms with E-state index in [0.29, 0.717) is 16.8 Å². The topological polar surface area (TPSA) is 72.5 Å². The lowest BCUT2D eigenvalue weighted by Crippen LogP contribution is -2.26. The Kier molecular flexibility index (Phi) is 6.58. The van der Waals surface area contributed by atoms with Gasteiger partial charge in [0.15, 0.2) is 0 Å². The third kappa shape index (κ3) is 4.73. The third-order valence-corrected chi connectivity index (χ3v) is 5.05. The van der Waals surface area contributed by atoms with E-state index in [-0.39, 0.29) is 18.9 Å². The lowest BCUT2D eigenvalue weighted by molar-refractivity contribution is 0.0145. The highest BCUT2D eigenvalue weighted by Crippen LogP contribution is 2.33. The van der Waals surface area contributed by atoms with E-state index in [1.807, 2.05) is 22.6 Å². The molecule has 0 fully saturated rings. The van der Waals surface area contributed by atoms with Crippen molar-refractivity contribution in [2.45, 2.75) is 0 Å². The molecule has 0 radical (unpaired) electrons. The van der Waals surface area contributed by atoms with Crippen LogP contribution in [0.25, 0.3) is 10.2 Å². The number of carbonyl (C=O) groups is 1. The quantitative estimate of drug-likeness (QED) is 0.205. The second-order valence-electron chi connectivity index (χ2n) is 5.26. The summed E-state index contributed by atoms with van der Waals surface area (Å²) in [5.41, 5.74) is 5.80. The van der Waals surface area contributed by atoms with Gasteiger partial charge in [-0.1, -0.05) is 6.58 Å².